The van der Waals surface area contributed by atoms with Crippen LogP contribution in [0.1, 0.15) is 6.42 Å². The first kappa shape index (κ1) is 18.6. The highest BCUT2D eigenvalue weighted by Crippen LogP contribution is 2.45. The van der Waals surface area contributed by atoms with Gasteiger partial charge in [-0.2, -0.15) is 13.2 Å². The van der Waals surface area contributed by atoms with Gasteiger partial charge in [-0.05, 0) is 29.3 Å². The molecule has 0 saturated carbocycles. The number of thioether (sulfide) groups is 1. The van der Waals surface area contributed by atoms with E-state index < -0.39 is 36.4 Å². The van der Waals surface area contributed by atoms with E-state index in [0.29, 0.717) is 0 Å². The SMILES string of the molecule is O=C(CSc1ccc2ccccc2c1)N1CCC(C(=O)O)(C(F)(F)F)C1. The van der Waals surface area contributed by atoms with Crippen LogP contribution in [0.4, 0.5) is 13.2 Å². The molecule has 138 valence electrons. The molecule has 2 aromatic carbocycles. The number of benzene rings is 2. The van der Waals surface area contributed by atoms with Gasteiger partial charge in [0, 0.05) is 18.0 Å². The Morgan fingerprint density at radius 2 is 1.85 bits per heavy atom. The van der Waals surface area contributed by atoms with Crippen LogP contribution in [0, 0.1) is 5.41 Å². The van der Waals surface area contributed by atoms with Gasteiger partial charge in [-0.25, -0.2) is 0 Å². The molecule has 3 rings (SSSR count). The van der Waals surface area contributed by atoms with Crippen LogP contribution in [0.2, 0.25) is 0 Å². The summed E-state index contributed by atoms with van der Waals surface area (Å²) in [5.74, 6) is -2.45. The van der Waals surface area contributed by atoms with E-state index in [9.17, 15) is 22.8 Å². The van der Waals surface area contributed by atoms with Crippen molar-refractivity contribution >= 4 is 34.4 Å². The van der Waals surface area contributed by atoms with E-state index >= 15 is 0 Å². The van der Waals surface area contributed by atoms with Gasteiger partial charge >= 0.3 is 12.1 Å². The van der Waals surface area contributed by atoms with Crippen LogP contribution in [0.15, 0.2) is 47.4 Å². The Morgan fingerprint density at radius 1 is 1.15 bits per heavy atom. The molecular weight excluding hydrogens is 367 g/mol. The first-order valence-electron chi connectivity index (χ1n) is 7.92. The summed E-state index contributed by atoms with van der Waals surface area (Å²) in [4.78, 5) is 25.3. The van der Waals surface area contributed by atoms with E-state index in [1.807, 2.05) is 42.5 Å². The summed E-state index contributed by atoms with van der Waals surface area (Å²) in [6.07, 6.45) is -5.50. The molecule has 1 fully saturated rings. The number of hydrogen-bond acceptors (Lipinski definition) is 3. The molecule has 26 heavy (non-hydrogen) atoms. The molecule has 0 aliphatic carbocycles. The van der Waals surface area contributed by atoms with Gasteiger partial charge in [0.2, 0.25) is 5.91 Å². The van der Waals surface area contributed by atoms with E-state index in [0.717, 1.165) is 20.6 Å². The lowest BCUT2D eigenvalue weighted by molar-refractivity contribution is -0.227. The fraction of sp³-hybridized carbons (Fsp3) is 0.333. The number of nitrogens with zero attached hydrogens (tertiary/aromatic N) is 1. The maximum absolute atomic E-state index is 13.2. The second-order valence-corrected chi connectivity index (χ2v) is 7.30. The molecule has 1 N–H and O–H groups in total. The number of hydrogen-bond donors (Lipinski definition) is 1. The minimum atomic E-state index is -4.89. The fourth-order valence-electron chi connectivity index (χ4n) is 3.04. The Balaban J connectivity index is 1.66. The normalized spacial score (nSPS) is 20.5. The lowest BCUT2D eigenvalue weighted by Gasteiger charge is -2.27. The second-order valence-electron chi connectivity index (χ2n) is 6.25. The molecule has 1 heterocycles. The maximum atomic E-state index is 13.2. The fourth-order valence-corrected chi connectivity index (χ4v) is 3.89. The summed E-state index contributed by atoms with van der Waals surface area (Å²) in [7, 11) is 0. The molecule has 1 saturated heterocycles. The van der Waals surface area contributed by atoms with Crippen molar-refractivity contribution in [1.82, 2.24) is 4.90 Å². The highest BCUT2D eigenvalue weighted by atomic mass is 32.2. The average molecular weight is 383 g/mol. The standard InChI is InChI=1S/C18H16F3NO3S/c19-18(20,21)17(16(24)25)7-8-22(11-17)15(23)10-26-14-6-5-12-3-1-2-4-13(12)9-14/h1-6,9H,7-8,10-11H2,(H,24,25). The number of rotatable bonds is 4. The summed E-state index contributed by atoms with van der Waals surface area (Å²) in [6, 6.07) is 13.4. The zero-order valence-electron chi connectivity index (χ0n) is 13.6. The van der Waals surface area contributed by atoms with Crippen molar-refractivity contribution in [2.24, 2.45) is 5.41 Å². The molecule has 0 radical (unpaired) electrons. The molecule has 1 unspecified atom stereocenters. The number of alkyl halides is 3. The van der Waals surface area contributed by atoms with Crippen molar-refractivity contribution in [1.29, 1.82) is 0 Å². The highest BCUT2D eigenvalue weighted by Gasteiger charge is 2.64. The number of aliphatic carboxylic acids is 1. The summed E-state index contributed by atoms with van der Waals surface area (Å²) in [5.41, 5.74) is -2.86. The third-order valence-corrected chi connectivity index (χ3v) is 5.64. The topological polar surface area (TPSA) is 57.6 Å². The predicted octanol–water partition coefficient (Wildman–Crippen LogP) is 3.80. The molecule has 8 heteroatoms. The van der Waals surface area contributed by atoms with Crippen molar-refractivity contribution in [2.45, 2.75) is 17.5 Å². The number of halogens is 3. The van der Waals surface area contributed by atoms with Crippen LogP contribution in [0.25, 0.3) is 10.8 Å². The number of carboxylic acids is 1. The van der Waals surface area contributed by atoms with Crippen molar-refractivity contribution in [3.05, 3.63) is 42.5 Å². The van der Waals surface area contributed by atoms with Gasteiger partial charge in [0.1, 0.15) is 0 Å². The van der Waals surface area contributed by atoms with Crippen molar-refractivity contribution in [3.63, 3.8) is 0 Å². The summed E-state index contributed by atoms with van der Waals surface area (Å²) < 4.78 is 39.5. The van der Waals surface area contributed by atoms with Gasteiger partial charge in [0.15, 0.2) is 5.41 Å². The van der Waals surface area contributed by atoms with Crippen LogP contribution in [0.5, 0.6) is 0 Å². The number of amides is 1. The number of carboxylic acid groups (broad SMARTS) is 1. The van der Waals surface area contributed by atoms with Crippen LogP contribution < -0.4 is 0 Å². The Hall–Kier alpha value is -2.22. The molecule has 0 spiro atoms. The van der Waals surface area contributed by atoms with E-state index in [2.05, 4.69) is 0 Å². The number of carbonyl (C=O) groups excluding carboxylic acids is 1. The number of likely N-dealkylation sites (tertiary alicyclic amines) is 1. The first-order chi connectivity index (χ1) is 12.2. The van der Waals surface area contributed by atoms with Crippen LogP contribution in [0.3, 0.4) is 0 Å². The van der Waals surface area contributed by atoms with Gasteiger partial charge in [0.25, 0.3) is 0 Å². The van der Waals surface area contributed by atoms with Crippen LogP contribution in [-0.2, 0) is 9.59 Å². The third-order valence-electron chi connectivity index (χ3n) is 4.66. The second kappa shape index (κ2) is 6.83. The van der Waals surface area contributed by atoms with Crippen LogP contribution in [-0.4, -0.2) is 46.9 Å². The van der Waals surface area contributed by atoms with Gasteiger partial charge in [-0.1, -0.05) is 30.3 Å². The van der Waals surface area contributed by atoms with Gasteiger partial charge in [-0.15, -0.1) is 11.8 Å². The van der Waals surface area contributed by atoms with Gasteiger partial charge < -0.3 is 10.0 Å². The molecule has 0 aromatic heterocycles. The zero-order chi connectivity index (χ0) is 18.9. The van der Waals surface area contributed by atoms with Gasteiger partial charge in [0.05, 0.1) is 5.75 Å². The van der Waals surface area contributed by atoms with E-state index in [-0.39, 0.29) is 12.3 Å². The Kier molecular flexibility index (Phi) is 4.88. The number of fused-ring (bicyclic) bond motifs is 1. The molecule has 2 aromatic rings. The predicted molar refractivity (Wildman–Crippen MR) is 92.0 cm³/mol. The molecule has 1 aliphatic heterocycles. The summed E-state index contributed by atoms with van der Waals surface area (Å²) in [6.45, 7) is -1.04. The smallest absolute Gasteiger partial charge is 0.406 e. The van der Waals surface area contributed by atoms with Crippen molar-refractivity contribution in [2.75, 3.05) is 18.8 Å². The lowest BCUT2D eigenvalue weighted by atomic mass is 9.86. The zero-order valence-corrected chi connectivity index (χ0v) is 14.4. The van der Waals surface area contributed by atoms with Crippen molar-refractivity contribution in [3.8, 4) is 0 Å². The Morgan fingerprint density at radius 3 is 2.46 bits per heavy atom. The Bertz CT molecular complexity index is 855. The molecule has 4 nitrogen and oxygen atoms in total. The molecular formula is C18H16F3NO3S. The largest absolute Gasteiger partial charge is 0.481 e. The van der Waals surface area contributed by atoms with E-state index in [4.69, 9.17) is 5.11 Å². The summed E-state index contributed by atoms with van der Waals surface area (Å²) >= 11 is 1.23. The van der Waals surface area contributed by atoms with E-state index in [1.165, 1.54) is 11.8 Å². The highest BCUT2D eigenvalue weighted by molar-refractivity contribution is 8.00. The monoisotopic (exact) mass is 383 g/mol. The van der Waals surface area contributed by atoms with Gasteiger partial charge in [-0.3, -0.25) is 9.59 Å². The molecule has 0 bridgehead atoms. The quantitative estimate of drug-likeness (QED) is 0.816. The minimum absolute atomic E-state index is 0.0358. The molecule has 1 aliphatic rings. The van der Waals surface area contributed by atoms with Crippen LogP contribution >= 0.6 is 11.8 Å². The van der Waals surface area contributed by atoms with Crippen molar-refractivity contribution < 1.29 is 27.9 Å². The first-order valence-corrected chi connectivity index (χ1v) is 8.91. The summed E-state index contributed by atoms with van der Waals surface area (Å²) in [5, 5.41) is 11.1. The third kappa shape index (κ3) is 3.38. The van der Waals surface area contributed by atoms with E-state index in [1.54, 1.807) is 0 Å². The molecule has 1 amide bonds. The Labute approximate surface area is 152 Å². The lowest BCUT2D eigenvalue weighted by Crippen LogP contribution is -2.47. The minimum Gasteiger partial charge on any atom is -0.481 e. The average Bonchev–Trinajstić information content (AvgIpc) is 3.06. The number of carbonyl (C=O) groups is 2. The maximum Gasteiger partial charge on any atom is 0.406 e. The molecule has 1 atom stereocenters.